The van der Waals surface area contributed by atoms with Gasteiger partial charge in [-0.25, -0.2) is 0 Å². The molecule has 1 atom stereocenters. The maximum atomic E-state index is 11.2. The fourth-order valence-corrected chi connectivity index (χ4v) is 1.94. The van der Waals surface area contributed by atoms with Crippen LogP contribution < -0.4 is 0 Å². The second-order valence-electron chi connectivity index (χ2n) is 4.21. The quantitative estimate of drug-likeness (QED) is 0.646. The molecule has 1 saturated carbocycles. The first-order valence-corrected chi connectivity index (χ1v) is 5.67. The van der Waals surface area contributed by atoms with Crippen molar-refractivity contribution in [2.24, 2.45) is 5.92 Å². The zero-order valence-electron chi connectivity index (χ0n) is 9.02. The second-order valence-corrected chi connectivity index (χ2v) is 4.21. The molecule has 2 N–H and O–H groups in total. The molecule has 0 aromatic rings. The zero-order chi connectivity index (χ0) is 11.1. The maximum Gasteiger partial charge on any atom is 0.305 e. The Balaban J connectivity index is 2.02. The Morgan fingerprint density at radius 2 is 2.07 bits per heavy atom. The van der Waals surface area contributed by atoms with Crippen LogP contribution in [0.25, 0.3) is 0 Å². The summed E-state index contributed by atoms with van der Waals surface area (Å²) in [6.07, 6.45) is 5.41. The van der Waals surface area contributed by atoms with Gasteiger partial charge in [-0.2, -0.15) is 0 Å². The molecule has 0 amide bonds. The van der Waals surface area contributed by atoms with Gasteiger partial charge in [0.25, 0.3) is 0 Å². The topological polar surface area (TPSA) is 66.8 Å². The molecule has 0 spiro atoms. The molecule has 0 aromatic carbocycles. The van der Waals surface area contributed by atoms with E-state index in [9.17, 15) is 4.79 Å². The van der Waals surface area contributed by atoms with Crippen LogP contribution in [0.5, 0.6) is 0 Å². The molecular weight excluding hydrogens is 196 g/mol. The van der Waals surface area contributed by atoms with Crippen molar-refractivity contribution in [1.29, 1.82) is 0 Å². The number of carbonyl (C=O) groups excluding carboxylic acids is 1. The van der Waals surface area contributed by atoms with Gasteiger partial charge in [0, 0.05) is 6.42 Å². The highest BCUT2D eigenvalue weighted by atomic mass is 16.5. The van der Waals surface area contributed by atoms with Crippen molar-refractivity contribution < 1.29 is 19.7 Å². The minimum atomic E-state index is -0.944. The summed E-state index contributed by atoms with van der Waals surface area (Å²) in [6, 6.07) is 0. The predicted octanol–water partition coefficient (Wildman–Crippen LogP) is 0.853. The molecule has 0 saturated heterocycles. The van der Waals surface area contributed by atoms with Gasteiger partial charge in [0.15, 0.2) is 0 Å². The van der Waals surface area contributed by atoms with Gasteiger partial charge < -0.3 is 14.9 Å². The van der Waals surface area contributed by atoms with Gasteiger partial charge in [-0.15, -0.1) is 0 Å². The van der Waals surface area contributed by atoms with Crippen LogP contribution in [0.2, 0.25) is 0 Å². The standard InChI is InChI=1S/C11H20O4/c12-7-10(13)8-15-11(14)6-5-9-3-1-2-4-9/h9-10,12-13H,1-8H2. The van der Waals surface area contributed by atoms with Crippen LogP contribution in [0.3, 0.4) is 0 Å². The van der Waals surface area contributed by atoms with Crippen LogP contribution in [0, 0.1) is 5.92 Å². The van der Waals surface area contributed by atoms with E-state index in [1.807, 2.05) is 0 Å². The highest BCUT2D eigenvalue weighted by Crippen LogP contribution is 2.28. The Hall–Kier alpha value is -0.610. The number of esters is 1. The number of rotatable bonds is 6. The van der Waals surface area contributed by atoms with Crippen molar-refractivity contribution in [1.82, 2.24) is 0 Å². The van der Waals surface area contributed by atoms with E-state index >= 15 is 0 Å². The van der Waals surface area contributed by atoms with Crippen LogP contribution in [-0.2, 0) is 9.53 Å². The molecule has 0 heterocycles. The molecule has 0 bridgehead atoms. The van der Waals surface area contributed by atoms with Gasteiger partial charge in [0.2, 0.25) is 0 Å². The van der Waals surface area contributed by atoms with Crippen molar-refractivity contribution >= 4 is 5.97 Å². The second kappa shape index (κ2) is 6.80. The summed E-state index contributed by atoms with van der Waals surface area (Å²) >= 11 is 0. The predicted molar refractivity (Wildman–Crippen MR) is 55.2 cm³/mol. The smallest absolute Gasteiger partial charge is 0.305 e. The van der Waals surface area contributed by atoms with E-state index in [0.29, 0.717) is 12.3 Å². The number of carbonyl (C=O) groups is 1. The van der Waals surface area contributed by atoms with Crippen LogP contribution >= 0.6 is 0 Å². The van der Waals surface area contributed by atoms with Gasteiger partial charge in [0.05, 0.1) is 6.61 Å². The number of hydrogen-bond acceptors (Lipinski definition) is 4. The summed E-state index contributed by atoms with van der Waals surface area (Å²) in [7, 11) is 0. The lowest BCUT2D eigenvalue weighted by Crippen LogP contribution is -2.22. The third-order valence-corrected chi connectivity index (χ3v) is 2.88. The van der Waals surface area contributed by atoms with Gasteiger partial charge in [-0.1, -0.05) is 25.7 Å². The van der Waals surface area contributed by atoms with Crippen LogP contribution in [0.4, 0.5) is 0 Å². The lowest BCUT2D eigenvalue weighted by molar-refractivity contribution is -0.147. The van der Waals surface area contributed by atoms with E-state index in [0.717, 1.165) is 6.42 Å². The molecule has 4 nitrogen and oxygen atoms in total. The third-order valence-electron chi connectivity index (χ3n) is 2.88. The molecule has 1 unspecified atom stereocenters. The lowest BCUT2D eigenvalue weighted by atomic mass is 10.0. The van der Waals surface area contributed by atoms with E-state index in [-0.39, 0.29) is 19.2 Å². The Kier molecular flexibility index (Phi) is 5.65. The summed E-state index contributed by atoms with van der Waals surface area (Å²) in [4.78, 5) is 11.2. The zero-order valence-corrected chi connectivity index (χ0v) is 9.02. The summed E-state index contributed by atoms with van der Waals surface area (Å²) in [5, 5.41) is 17.5. The normalized spacial score (nSPS) is 19.1. The van der Waals surface area contributed by atoms with Crippen molar-refractivity contribution in [3.05, 3.63) is 0 Å². The van der Waals surface area contributed by atoms with Crippen LogP contribution in [0.1, 0.15) is 38.5 Å². The van der Waals surface area contributed by atoms with Crippen LogP contribution in [-0.4, -0.2) is 35.5 Å². The fraction of sp³-hybridized carbons (Fsp3) is 0.909. The molecule has 4 heteroatoms. The van der Waals surface area contributed by atoms with Crippen LogP contribution in [0.15, 0.2) is 0 Å². The first-order valence-electron chi connectivity index (χ1n) is 5.67. The van der Waals surface area contributed by atoms with Crippen molar-refractivity contribution in [3.8, 4) is 0 Å². The first kappa shape index (κ1) is 12.5. The highest BCUT2D eigenvalue weighted by Gasteiger charge is 2.16. The number of aliphatic hydroxyl groups excluding tert-OH is 2. The van der Waals surface area contributed by atoms with Crippen molar-refractivity contribution in [3.63, 3.8) is 0 Å². The van der Waals surface area contributed by atoms with E-state index in [4.69, 9.17) is 14.9 Å². The maximum absolute atomic E-state index is 11.2. The molecule has 0 aromatic heterocycles. The third kappa shape index (κ3) is 5.14. The Morgan fingerprint density at radius 3 is 2.67 bits per heavy atom. The van der Waals surface area contributed by atoms with Gasteiger partial charge in [-0.05, 0) is 12.3 Å². The molecule has 1 aliphatic rings. The molecule has 1 rings (SSSR count). The SMILES string of the molecule is O=C(CCC1CCCC1)OCC(O)CO. The molecule has 88 valence electrons. The summed E-state index contributed by atoms with van der Waals surface area (Å²) in [6.45, 7) is -0.462. The number of ether oxygens (including phenoxy) is 1. The fourth-order valence-electron chi connectivity index (χ4n) is 1.94. The number of hydrogen-bond donors (Lipinski definition) is 2. The number of aliphatic hydroxyl groups is 2. The van der Waals surface area contributed by atoms with E-state index in [2.05, 4.69) is 0 Å². The average molecular weight is 216 g/mol. The van der Waals surface area contributed by atoms with E-state index in [1.54, 1.807) is 0 Å². The average Bonchev–Trinajstić information content (AvgIpc) is 2.75. The Morgan fingerprint density at radius 1 is 1.40 bits per heavy atom. The Labute approximate surface area is 90.2 Å². The largest absolute Gasteiger partial charge is 0.463 e. The summed E-state index contributed by atoms with van der Waals surface area (Å²) in [5.74, 6) is 0.412. The first-order chi connectivity index (χ1) is 7.22. The Bertz CT molecular complexity index is 187. The molecule has 1 aliphatic carbocycles. The van der Waals surface area contributed by atoms with E-state index in [1.165, 1.54) is 25.7 Å². The molecule has 15 heavy (non-hydrogen) atoms. The summed E-state index contributed by atoms with van der Waals surface area (Å²) < 4.78 is 4.81. The monoisotopic (exact) mass is 216 g/mol. The minimum Gasteiger partial charge on any atom is -0.463 e. The summed E-state index contributed by atoms with van der Waals surface area (Å²) in [5.41, 5.74) is 0. The minimum absolute atomic E-state index is 0.0972. The van der Waals surface area contributed by atoms with Gasteiger partial charge in [-0.3, -0.25) is 4.79 Å². The lowest BCUT2D eigenvalue weighted by Gasteiger charge is -2.10. The molecule has 0 radical (unpaired) electrons. The molecule has 0 aliphatic heterocycles. The van der Waals surface area contributed by atoms with Gasteiger partial charge in [0.1, 0.15) is 12.7 Å². The van der Waals surface area contributed by atoms with Crippen molar-refractivity contribution in [2.75, 3.05) is 13.2 Å². The molecule has 1 fully saturated rings. The van der Waals surface area contributed by atoms with E-state index < -0.39 is 6.10 Å². The molecular formula is C11H20O4. The van der Waals surface area contributed by atoms with Crippen molar-refractivity contribution in [2.45, 2.75) is 44.6 Å². The van der Waals surface area contributed by atoms with Gasteiger partial charge >= 0.3 is 5.97 Å². The highest BCUT2D eigenvalue weighted by molar-refractivity contribution is 5.69.